The lowest BCUT2D eigenvalue weighted by atomic mass is 9.94. The topological polar surface area (TPSA) is 3.24 Å². The predicted octanol–water partition coefficient (Wildman–Crippen LogP) is 3.77. The highest BCUT2D eigenvalue weighted by atomic mass is 15.1. The fourth-order valence-corrected chi connectivity index (χ4v) is 2.72. The number of rotatable bonds is 4. The average Bonchev–Trinajstić information content (AvgIpc) is 2.37. The lowest BCUT2D eigenvalue weighted by Gasteiger charge is -2.25. The average molecular weight is 219 g/mol. The number of allylic oxidation sites excluding steroid dienone is 3. The van der Waals surface area contributed by atoms with Crippen molar-refractivity contribution >= 4 is 0 Å². The van der Waals surface area contributed by atoms with Crippen LogP contribution in [-0.2, 0) is 0 Å². The first-order valence-electron chi connectivity index (χ1n) is 6.99. The lowest BCUT2D eigenvalue weighted by molar-refractivity contribution is 0.233. The van der Waals surface area contributed by atoms with Crippen molar-refractivity contribution < 1.29 is 0 Å². The molecule has 1 atom stereocenters. The quantitative estimate of drug-likeness (QED) is 0.650. The molecule has 1 nitrogen and oxygen atoms in total. The molecule has 1 aliphatic heterocycles. The molecular weight excluding hydrogens is 194 g/mol. The first-order chi connectivity index (χ1) is 7.95. The summed E-state index contributed by atoms with van der Waals surface area (Å²) in [6.45, 7) is 3.94. The molecule has 1 heterocycles. The van der Waals surface area contributed by atoms with E-state index in [-0.39, 0.29) is 0 Å². The molecule has 0 aromatic heterocycles. The summed E-state index contributed by atoms with van der Waals surface area (Å²) in [4.78, 5) is 2.62. The summed E-state index contributed by atoms with van der Waals surface area (Å²) in [5.41, 5.74) is 0. The zero-order valence-corrected chi connectivity index (χ0v) is 10.4. The maximum Gasteiger partial charge on any atom is 0.00159 e. The van der Waals surface area contributed by atoms with Gasteiger partial charge in [-0.15, -0.1) is 0 Å². The monoisotopic (exact) mass is 219 g/mol. The molecule has 0 spiro atoms. The summed E-state index contributed by atoms with van der Waals surface area (Å²) in [6, 6.07) is 0. The Morgan fingerprint density at radius 3 is 2.75 bits per heavy atom. The van der Waals surface area contributed by atoms with E-state index >= 15 is 0 Å². The van der Waals surface area contributed by atoms with Crippen molar-refractivity contribution in [3.8, 4) is 0 Å². The first kappa shape index (κ1) is 11.9. The van der Waals surface area contributed by atoms with E-state index in [2.05, 4.69) is 29.2 Å². The van der Waals surface area contributed by atoms with E-state index in [1.54, 1.807) is 0 Å². The highest BCUT2D eigenvalue weighted by Gasteiger charge is 2.08. The maximum absolute atomic E-state index is 2.62. The minimum atomic E-state index is 0.825. The Morgan fingerprint density at radius 1 is 1.12 bits per heavy atom. The third-order valence-corrected chi connectivity index (χ3v) is 3.78. The Kier molecular flexibility index (Phi) is 5.14. The van der Waals surface area contributed by atoms with Gasteiger partial charge in [-0.05, 0) is 57.5 Å². The van der Waals surface area contributed by atoms with Crippen molar-refractivity contribution in [2.24, 2.45) is 5.92 Å². The number of hydrogen-bond acceptors (Lipinski definition) is 1. The van der Waals surface area contributed by atoms with Crippen LogP contribution in [0.15, 0.2) is 24.3 Å². The Morgan fingerprint density at radius 2 is 2.00 bits per heavy atom. The molecule has 1 heteroatoms. The van der Waals surface area contributed by atoms with Crippen molar-refractivity contribution in [3.63, 3.8) is 0 Å². The lowest BCUT2D eigenvalue weighted by Crippen LogP contribution is -2.30. The summed E-state index contributed by atoms with van der Waals surface area (Å²) in [5, 5.41) is 0. The molecular formula is C15H25N. The van der Waals surface area contributed by atoms with Gasteiger partial charge in [0, 0.05) is 6.54 Å². The molecule has 0 bridgehead atoms. The maximum atomic E-state index is 2.62. The summed E-state index contributed by atoms with van der Waals surface area (Å²) in [6.07, 6.45) is 18.9. The third-order valence-electron chi connectivity index (χ3n) is 3.78. The van der Waals surface area contributed by atoms with Crippen LogP contribution >= 0.6 is 0 Å². The molecule has 2 aliphatic rings. The minimum absolute atomic E-state index is 0.825. The first-order valence-corrected chi connectivity index (χ1v) is 6.99. The summed E-state index contributed by atoms with van der Waals surface area (Å²) in [5.74, 6) is 0.825. The zero-order chi connectivity index (χ0) is 11.1. The minimum Gasteiger partial charge on any atom is -0.303 e. The van der Waals surface area contributed by atoms with Gasteiger partial charge in [0.05, 0.1) is 0 Å². The van der Waals surface area contributed by atoms with Gasteiger partial charge in [-0.25, -0.2) is 0 Å². The molecule has 0 amide bonds. The fraction of sp³-hybridized carbons (Fsp3) is 0.733. The van der Waals surface area contributed by atoms with Crippen molar-refractivity contribution in [2.75, 3.05) is 19.6 Å². The number of piperidine rings is 1. The third kappa shape index (κ3) is 4.13. The van der Waals surface area contributed by atoms with Crippen LogP contribution < -0.4 is 0 Å². The van der Waals surface area contributed by atoms with Crippen molar-refractivity contribution in [1.29, 1.82) is 0 Å². The van der Waals surface area contributed by atoms with E-state index < -0.39 is 0 Å². The largest absolute Gasteiger partial charge is 0.303 e. The van der Waals surface area contributed by atoms with Crippen LogP contribution in [-0.4, -0.2) is 24.5 Å². The van der Waals surface area contributed by atoms with Gasteiger partial charge in [-0.2, -0.15) is 0 Å². The van der Waals surface area contributed by atoms with Crippen molar-refractivity contribution in [3.05, 3.63) is 24.3 Å². The van der Waals surface area contributed by atoms with Gasteiger partial charge in [0.1, 0.15) is 0 Å². The molecule has 1 saturated heterocycles. The second-order valence-corrected chi connectivity index (χ2v) is 5.16. The second-order valence-electron chi connectivity index (χ2n) is 5.16. The molecule has 0 aromatic carbocycles. The normalized spacial score (nSPS) is 27.6. The van der Waals surface area contributed by atoms with Gasteiger partial charge < -0.3 is 4.90 Å². The summed E-state index contributed by atoms with van der Waals surface area (Å²) >= 11 is 0. The zero-order valence-electron chi connectivity index (χ0n) is 10.4. The molecule has 16 heavy (non-hydrogen) atoms. The van der Waals surface area contributed by atoms with Crippen LogP contribution in [0.4, 0.5) is 0 Å². The van der Waals surface area contributed by atoms with Gasteiger partial charge in [-0.3, -0.25) is 0 Å². The second kappa shape index (κ2) is 6.90. The van der Waals surface area contributed by atoms with Gasteiger partial charge >= 0.3 is 0 Å². The fourth-order valence-electron chi connectivity index (χ4n) is 2.72. The van der Waals surface area contributed by atoms with Gasteiger partial charge in [-0.1, -0.05) is 30.7 Å². The van der Waals surface area contributed by atoms with E-state index in [0.29, 0.717) is 0 Å². The van der Waals surface area contributed by atoms with Crippen LogP contribution in [0.1, 0.15) is 44.9 Å². The van der Waals surface area contributed by atoms with Crippen molar-refractivity contribution in [1.82, 2.24) is 4.90 Å². The van der Waals surface area contributed by atoms with E-state index in [9.17, 15) is 0 Å². The predicted molar refractivity (Wildman–Crippen MR) is 70.5 cm³/mol. The number of nitrogens with zero attached hydrogens (tertiary/aromatic N) is 1. The molecule has 0 radical (unpaired) electrons. The summed E-state index contributed by atoms with van der Waals surface area (Å²) in [7, 11) is 0. The van der Waals surface area contributed by atoms with Gasteiger partial charge in [0.2, 0.25) is 0 Å². The molecule has 0 aromatic rings. The molecule has 2 rings (SSSR count). The molecule has 1 aliphatic carbocycles. The van der Waals surface area contributed by atoms with E-state index in [4.69, 9.17) is 0 Å². The molecule has 0 N–H and O–H groups in total. The van der Waals surface area contributed by atoms with Crippen LogP contribution in [0.5, 0.6) is 0 Å². The van der Waals surface area contributed by atoms with E-state index in [0.717, 1.165) is 5.92 Å². The van der Waals surface area contributed by atoms with E-state index in [1.807, 2.05) is 0 Å². The van der Waals surface area contributed by atoms with Crippen LogP contribution in [0.2, 0.25) is 0 Å². The van der Waals surface area contributed by atoms with Gasteiger partial charge in [0.25, 0.3) is 0 Å². The number of likely N-dealkylation sites (tertiary alicyclic amines) is 1. The highest BCUT2D eigenvalue weighted by molar-refractivity contribution is 4.98. The summed E-state index contributed by atoms with van der Waals surface area (Å²) < 4.78 is 0. The van der Waals surface area contributed by atoms with E-state index in [1.165, 1.54) is 64.6 Å². The highest BCUT2D eigenvalue weighted by Crippen LogP contribution is 2.19. The molecule has 0 saturated carbocycles. The van der Waals surface area contributed by atoms with Crippen LogP contribution in [0.3, 0.4) is 0 Å². The number of hydrogen-bond donors (Lipinski definition) is 0. The standard InChI is InChI=1S/C15H25N/c1-3-9-15(10-4-1)11-5-8-14-16-12-6-2-7-13-16/h1,3,5,11,15H,2,4,6-10,12-14H2/b11-5+. The van der Waals surface area contributed by atoms with Gasteiger partial charge in [0.15, 0.2) is 0 Å². The van der Waals surface area contributed by atoms with Crippen LogP contribution in [0.25, 0.3) is 0 Å². The Labute approximate surface area is 100 Å². The smallest absolute Gasteiger partial charge is 0.00159 e. The molecule has 1 unspecified atom stereocenters. The SMILES string of the molecule is C1=CCC(/C=C/CCN2CCCCC2)CC1. The van der Waals surface area contributed by atoms with Crippen LogP contribution in [0, 0.1) is 5.92 Å². The Hall–Kier alpha value is -0.560. The molecule has 90 valence electrons. The Balaban J connectivity index is 1.59. The van der Waals surface area contributed by atoms with Crippen molar-refractivity contribution in [2.45, 2.75) is 44.9 Å². The molecule has 1 fully saturated rings. The Bertz CT molecular complexity index is 236.